The van der Waals surface area contributed by atoms with E-state index >= 15 is 0 Å². The van der Waals surface area contributed by atoms with E-state index in [4.69, 9.17) is 5.11 Å². The summed E-state index contributed by atoms with van der Waals surface area (Å²) in [4.78, 5) is 32.6. The van der Waals surface area contributed by atoms with Crippen LogP contribution >= 0.6 is 0 Å². The molecule has 0 spiro atoms. The molecule has 2 N–H and O–H groups in total. The summed E-state index contributed by atoms with van der Waals surface area (Å²) in [6.07, 6.45) is 1.61. The van der Waals surface area contributed by atoms with Crippen LogP contribution in [0.3, 0.4) is 0 Å². The number of carbonyl (C=O) groups excluding carboxylic acids is 1. The van der Waals surface area contributed by atoms with Crippen molar-refractivity contribution in [3.05, 3.63) is 39.4 Å². The summed E-state index contributed by atoms with van der Waals surface area (Å²) in [6, 6.07) is 4.40. The topological polar surface area (TPSA) is 110 Å². The first-order valence-electron chi connectivity index (χ1n) is 6.73. The van der Waals surface area contributed by atoms with Gasteiger partial charge in [-0.2, -0.15) is 0 Å². The lowest BCUT2D eigenvalue weighted by atomic mass is 10.1. The van der Waals surface area contributed by atoms with Crippen molar-refractivity contribution in [3.63, 3.8) is 0 Å². The molecule has 1 amide bonds. The molecule has 1 aromatic carbocycles. The molecule has 0 atom stereocenters. The largest absolute Gasteiger partial charge is 0.481 e. The van der Waals surface area contributed by atoms with Crippen molar-refractivity contribution in [3.8, 4) is 0 Å². The third kappa shape index (κ3) is 5.21. The van der Waals surface area contributed by atoms with Crippen molar-refractivity contribution in [2.75, 3.05) is 6.54 Å². The average molecular weight is 294 g/mol. The Balaban J connectivity index is 2.60. The summed E-state index contributed by atoms with van der Waals surface area (Å²) in [5.41, 5.74) is 0.756. The highest BCUT2D eigenvalue weighted by atomic mass is 16.6. The SMILES string of the molecule is CCc1ccc(C(=O)NCCCCC(=O)O)cc1[N+](=O)[O-]. The van der Waals surface area contributed by atoms with Gasteiger partial charge in [-0.25, -0.2) is 0 Å². The molecule has 1 aromatic rings. The van der Waals surface area contributed by atoms with Crippen molar-refractivity contribution >= 4 is 17.6 Å². The smallest absolute Gasteiger partial charge is 0.303 e. The van der Waals surface area contributed by atoms with Gasteiger partial charge in [-0.15, -0.1) is 0 Å². The molecule has 7 nitrogen and oxygen atoms in total. The molecule has 0 aliphatic heterocycles. The number of carboxylic acid groups (broad SMARTS) is 1. The summed E-state index contributed by atoms with van der Waals surface area (Å²) in [5.74, 6) is -1.26. The first-order chi connectivity index (χ1) is 9.95. The normalized spacial score (nSPS) is 10.1. The van der Waals surface area contributed by atoms with Crippen LogP contribution in [0.2, 0.25) is 0 Å². The van der Waals surface area contributed by atoms with Gasteiger partial charge in [0.2, 0.25) is 0 Å². The van der Waals surface area contributed by atoms with Crippen molar-refractivity contribution in [2.45, 2.75) is 32.6 Å². The Hall–Kier alpha value is -2.44. The average Bonchev–Trinajstić information content (AvgIpc) is 2.45. The van der Waals surface area contributed by atoms with Crippen molar-refractivity contribution in [1.29, 1.82) is 0 Å². The molecule has 0 aliphatic rings. The Labute approximate surface area is 122 Å². The summed E-state index contributed by atoms with van der Waals surface area (Å²) in [7, 11) is 0. The zero-order valence-corrected chi connectivity index (χ0v) is 11.8. The Bertz CT molecular complexity index is 542. The molecule has 0 fully saturated rings. The fourth-order valence-electron chi connectivity index (χ4n) is 1.88. The molecular weight excluding hydrogens is 276 g/mol. The molecule has 0 radical (unpaired) electrons. The zero-order chi connectivity index (χ0) is 15.8. The third-order valence-electron chi connectivity index (χ3n) is 3.03. The number of amides is 1. The van der Waals surface area contributed by atoms with E-state index in [9.17, 15) is 19.7 Å². The second-order valence-corrected chi connectivity index (χ2v) is 4.56. The molecule has 0 saturated carbocycles. The first kappa shape index (κ1) is 16.6. The molecule has 0 aromatic heterocycles. The fraction of sp³-hybridized carbons (Fsp3) is 0.429. The highest BCUT2D eigenvalue weighted by molar-refractivity contribution is 5.94. The van der Waals surface area contributed by atoms with E-state index in [1.807, 2.05) is 6.92 Å². The van der Waals surface area contributed by atoms with Gasteiger partial charge in [0.1, 0.15) is 0 Å². The second kappa shape index (κ2) is 7.98. The lowest BCUT2D eigenvalue weighted by Crippen LogP contribution is -2.24. The predicted octanol–water partition coefficient (Wildman–Crippen LogP) is 2.14. The Morgan fingerprint density at radius 1 is 1.33 bits per heavy atom. The van der Waals surface area contributed by atoms with Gasteiger partial charge in [-0.1, -0.05) is 13.0 Å². The Kier molecular flexibility index (Phi) is 6.32. The third-order valence-corrected chi connectivity index (χ3v) is 3.03. The number of hydrogen-bond donors (Lipinski definition) is 2. The molecule has 1 rings (SSSR count). The van der Waals surface area contributed by atoms with Crippen LogP contribution < -0.4 is 5.32 Å². The van der Waals surface area contributed by atoms with Gasteiger partial charge in [0.25, 0.3) is 11.6 Å². The number of aliphatic carboxylic acids is 1. The van der Waals surface area contributed by atoms with E-state index in [1.54, 1.807) is 12.1 Å². The number of rotatable bonds is 8. The van der Waals surface area contributed by atoms with Gasteiger partial charge in [-0.3, -0.25) is 19.7 Å². The molecule has 0 bridgehead atoms. The number of benzene rings is 1. The van der Waals surface area contributed by atoms with E-state index < -0.39 is 16.8 Å². The van der Waals surface area contributed by atoms with Crippen LogP contribution in [0.1, 0.15) is 42.1 Å². The minimum atomic E-state index is -0.868. The van der Waals surface area contributed by atoms with Crippen molar-refractivity contribution in [2.24, 2.45) is 0 Å². The summed E-state index contributed by atoms with van der Waals surface area (Å²) in [5, 5.41) is 22.0. The molecule has 0 saturated heterocycles. The molecular formula is C14H18N2O5. The van der Waals surface area contributed by atoms with Gasteiger partial charge in [-0.05, 0) is 25.3 Å². The number of carboxylic acids is 1. The van der Waals surface area contributed by atoms with Crippen LogP contribution in [0, 0.1) is 10.1 Å². The minimum absolute atomic E-state index is 0.0592. The standard InChI is InChI=1S/C14H18N2O5/c1-2-10-6-7-11(9-12(10)16(20)21)14(19)15-8-4-3-5-13(17)18/h6-7,9H,2-5,8H2,1H3,(H,15,19)(H,17,18). The van der Waals surface area contributed by atoms with Crippen molar-refractivity contribution in [1.82, 2.24) is 5.32 Å². The Morgan fingerprint density at radius 2 is 2.05 bits per heavy atom. The molecule has 0 aliphatic carbocycles. The first-order valence-corrected chi connectivity index (χ1v) is 6.73. The summed E-state index contributed by atoms with van der Waals surface area (Å²) < 4.78 is 0. The zero-order valence-electron chi connectivity index (χ0n) is 11.8. The maximum atomic E-state index is 11.9. The highest BCUT2D eigenvalue weighted by Gasteiger charge is 2.16. The van der Waals surface area contributed by atoms with Gasteiger partial charge in [0, 0.05) is 30.2 Å². The number of nitro groups is 1. The molecule has 0 heterocycles. The van der Waals surface area contributed by atoms with Crippen LogP contribution in [0.25, 0.3) is 0 Å². The maximum absolute atomic E-state index is 11.9. The van der Waals surface area contributed by atoms with E-state index in [-0.39, 0.29) is 17.7 Å². The number of carbonyl (C=O) groups is 2. The number of nitrogens with one attached hydrogen (secondary N) is 1. The van der Waals surface area contributed by atoms with Crippen LogP contribution in [-0.2, 0) is 11.2 Å². The van der Waals surface area contributed by atoms with E-state index in [1.165, 1.54) is 6.07 Å². The van der Waals surface area contributed by atoms with Gasteiger partial charge < -0.3 is 10.4 Å². The number of nitro benzene ring substituents is 1. The number of hydrogen-bond acceptors (Lipinski definition) is 4. The number of aryl methyl sites for hydroxylation is 1. The van der Waals surface area contributed by atoms with Crippen LogP contribution in [0.15, 0.2) is 18.2 Å². The van der Waals surface area contributed by atoms with E-state index in [0.717, 1.165) is 0 Å². The summed E-state index contributed by atoms with van der Waals surface area (Å²) in [6.45, 7) is 2.15. The lowest BCUT2D eigenvalue weighted by Gasteiger charge is -2.06. The quantitative estimate of drug-likeness (QED) is 0.433. The van der Waals surface area contributed by atoms with Gasteiger partial charge in [0.15, 0.2) is 0 Å². The molecule has 21 heavy (non-hydrogen) atoms. The van der Waals surface area contributed by atoms with Gasteiger partial charge >= 0.3 is 5.97 Å². The van der Waals surface area contributed by atoms with Gasteiger partial charge in [0.05, 0.1) is 4.92 Å². The maximum Gasteiger partial charge on any atom is 0.303 e. The van der Waals surface area contributed by atoms with Crippen LogP contribution in [-0.4, -0.2) is 28.5 Å². The van der Waals surface area contributed by atoms with Crippen molar-refractivity contribution < 1.29 is 19.6 Å². The molecule has 114 valence electrons. The van der Waals surface area contributed by atoms with Crippen LogP contribution in [0.4, 0.5) is 5.69 Å². The number of nitrogens with zero attached hydrogens (tertiary/aromatic N) is 1. The lowest BCUT2D eigenvalue weighted by molar-refractivity contribution is -0.385. The van der Waals surface area contributed by atoms with E-state index in [2.05, 4.69) is 5.32 Å². The highest BCUT2D eigenvalue weighted by Crippen LogP contribution is 2.20. The number of unbranched alkanes of at least 4 members (excludes halogenated alkanes) is 1. The van der Waals surface area contributed by atoms with E-state index in [0.29, 0.717) is 31.4 Å². The second-order valence-electron chi connectivity index (χ2n) is 4.56. The summed E-state index contributed by atoms with van der Waals surface area (Å²) >= 11 is 0. The predicted molar refractivity (Wildman–Crippen MR) is 76.3 cm³/mol. The fourth-order valence-corrected chi connectivity index (χ4v) is 1.88. The monoisotopic (exact) mass is 294 g/mol. The molecule has 0 unspecified atom stereocenters. The van der Waals surface area contributed by atoms with Crippen LogP contribution in [0.5, 0.6) is 0 Å². The minimum Gasteiger partial charge on any atom is -0.481 e. The molecule has 7 heteroatoms. The Morgan fingerprint density at radius 3 is 2.62 bits per heavy atom.